The quantitative estimate of drug-likeness (QED) is 0.263. The first-order valence-corrected chi connectivity index (χ1v) is 4.32. The van der Waals surface area contributed by atoms with E-state index in [0.717, 1.165) is 0 Å². The van der Waals surface area contributed by atoms with E-state index in [1.165, 1.54) is 34.6 Å². The molecule has 0 radical (unpaired) electrons. The summed E-state index contributed by atoms with van der Waals surface area (Å²) in [6, 6.07) is 0. The van der Waals surface area contributed by atoms with Crippen LogP contribution in [0.5, 0.6) is 0 Å². The van der Waals surface area contributed by atoms with E-state index in [-0.39, 0.29) is 23.3 Å². The topological polar surface area (TPSA) is 167 Å². The Balaban J connectivity index is -0.0000000600. The Morgan fingerprint density at radius 3 is 0.688 bits per heavy atom. The van der Waals surface area contributed by atoms with Crippen molar-refractivity contribution in [2.75, 3.05) is 0 Å². The molecule has 0 rings (SSSR count). The third-order valence-corrected chi connectivity index (χ3v) is 0. The summed E-state index contributed by atoms with van der Waals surface area (Å²) in [5.41, 5.74) is 14.1. The van der Waals surface area contributed by atoms with E-state index in [4.69, 9.17) is 33.4 Å². The molecule has 0 unspecified atom stereocenters. The standard InChI is InChI=1S/C3H6O.3C2H6N2/c1-3(2)4;3*1-2(3)4/h1-2H3;3*1H3,(H3,3,4). The number of ketones is 1. The van der Waals surface area contributed by atoms with Crippen molar-refractivity contribution >= 4 is 23.3 Å². The van der Waals surface area contributed by atoms with Crippen molar-refractivity contribution in [3.05, 3.63) is 0 Å². The second-order valence-electron chi connectivity index (χ2n) is 2.96. The predicted octanol–water partition coefficient (Wildman–Crippen LogP) is 0.422. The fraction of sp³-hybridized carbons (Fsp3) is 0.556. The van der Waals surface area contributed by atoms with E-state index in [1.54, 1.807) is 0 Å². The maximum absolute atomic E-state index is 9.44. The lowest BCUT2D eigenvalue weighted by molar-refractivity contribution is -0.114. The molecular weight excluding hydrogens is 208 g/mol. The van der Waals surface area contributed by atoms with Crippen molar-refractivity contribution in [2.45, 2.75) is 34.6 Å². The molecule has 0 fully saturated rings. The largest absolute Gasteiger partial charge is 0.388 e. The van der Waals surface area contributed by atoms with Crippen molar-refractivity contribution < 1.29 is 4.79 Å². The number of nitrogens with two attached hydrogens (primary N) is 3. The van der Waals surface area contributed by atoms with Crippen molar-refractivity contribution in [1.29, 1.82) is 16.2 Å². The summed E-state index contributed by atoms with van der Waals surface area (Å²) in [4.78, 5) is 9.44. The van der Waals surface area contributed by atoms with Crippen molar-refractivity contribution in [1.82, 2.24) is 0 Å². The summed E-state index contributed by atoms with van der Waals surface area (Å²) in [5, 5.41) is 18.8. The number of hydrogen-bond acceptors (Lipinski definition) is 4. The van der Waals surface area contributed by atoms with Crippen LogP contribution in [-0.4, -0.2) is 23.3 Å². The smallest absolute Gasteiger partial charge is 0.126 e. The van der Waals surface area contributed by atoms with Gasteiger partial charge in [0.15, 0.2) is 0 Å². The fourth-order valence-electron chi connectivity index (χ4n) is 0. The van der Waals surface area contributed by atoms with Gasteiger partial charge < -0.3 is 22.0 Å². The maximum Gasteiger partial charge on any atom is 0.126 e. The van der Waals surface area contributed by atoms with Crippen LogP contribution < -0.4 is 17.2 Å². The van der Waals surface area contributed by atoms with E-state index in [1.807, 2.05) is 0 Å². The van der Waals surface area contributed by atoms with Crippen LogP contribution in [0.3, 0.4) is 0 Å². The zero-order chi connectivity index (χ0) is 14.3. The van der Waals surface area contributed by atoms with Gasteiger partial charge in [-0.3, -0.25) is 16.2 Å². The number of carbonyl (C=O) groups excluding carboxylic acids is 1. The average Bonchev–Trinajstić information content (AvgIpc) is 1.76. The van der Waals surface area contributed by atoms with Gasteiger partial charge in [-0.25, -0.2) is 0 Å². The van der Waals surface area contributed by atoms with Crippen LogP contribution in [-0.2, 0) is 4.79 Å². The Hall–Kier alpha value is -1.92. The van der Waals surface area contributed by atoms with Crippen LogP contribution in [0.2, 0.25) is 0 Å². The van der Waals surface area contributed by atoms with E-state index in [9.17, 15) is 4.79 Å². The minimum Gasteiger partial charge on any atom is -0.388 e. The molecule has 0 aliphatic heterocycles. The number of nitrogens with one attached hydrogen (secondary N) is 3. The van der Waals surface area contributed by atoms with E-state index >= 15 is 0 Å². The van der Waals surface area contributed by atoms with E-state index in [2.05, 4.69) is 0 Å². The molecule has 96 valence electrons. The number of amidine groups is 3. The summed E-state index contributed by atoms with van der Waals surface area (Å²) in [6.07, 6.45) is 0. The molecule has 0 atom stereocenters. The van der Waals surface area contributed by atoms with Crippen LogP contribution in [0.25, 0.3) is 0 Å². The van der Waals surface area contributed by atoms with Gasteiger partial charge in [0.2, 0.25) is 0 Å². The third kappa shape index (κ3) is 402. The lowest BCUT2D eigenvalue weighted by Gasteiger charge is -1.66. The molecule has 0 aromatic carbocycles. The van der Waals surface area contributed by atoms with Gasteiger partial charge in [-0.05, 0) is 34.6 Å². The summed E-state index contributed by atoms with van der Waals surface area (Å²) in [7, 11) is 0. The second-order valence-corrected chi connectivity index (χ2v) is 2.96. The monoisotopic (exact) mass is 232 g/mol. The lowest BCUT2D eigenvalue weighted by Crippen LogP contribution is -2.00. The molecule has 0 aliphatic carbocycles. The molecule has 0 amide bonds. The molecule has 0 aliphatic rings. The number of hydrogen-bond donors (Lipinski definition) is 6. The molecule has 0 saturated heterocycles. The molecule has 0 aromatic rings. The van der Waals surface area contributed by atoms with E-state index in [0.29, 0.717) is 0 Å². The van der Waals surface area contributed by atoms with Gasteiger partial charge in [-0.1, -0.05) is 0 Å². The van der Waals surface area contributed by atoms with Crippen LogP contribution in [0.15, 0.2) is 0 Å². The molecule has 0 spiro atoms. The van der Waals surface area contributed by atoms with Crippen molar-refractivity contribution in [3.8, 4) is 0 Å². The first-order valence-electron chi connectivity index (χ1n) is 4.32. The normalized spacial score (nSPS) is 6.31. The molecule has 7 heteroatoms. The number of rotatable bonds is 0. The summed E-state index contributed by atoms with van der Waals surface area (Å²) >= 11 is 0. The number of carbonyl (C=O) groups is 1. The third-order valence-electron chi connectivity index (χ3n) is 0. The van der Waals surface area contributed by atoms with Crippen molar-refractivity contribution in [2.24, 2.45) is 17.2 Å². The first kappa shape index (κ1) is 23.7. The van der Waals surface area contributed by atoms with Gasteiger partial charge in [0.05, 0.1) is 17.5 Å². The Kier molecular flexibility index (Phi) is 27.8. The molecule has 0 bridgehead atoms. The van der Waals surface area contributed by atoms with Crippen LogP contribution >= 0.6 is 0 Å². The number of Topliss-reactive ketones (excluding diaryl/α,β-unsaturated/α-hetero) is 1. The predicted molar refractivity (Wildman–Crippen MR) is 69.1 cm³/mol. The molecule has 0 saturated carbocycles. The minimum atomic E-state index is 0.167. The maximum atomic E-state index is 9.44. The zero-order valence-electron chi connectivity index (χ0n) is 10.6. The first-order chi connectivity index (χ1) is 6.93. The molecule has 7 nitrogen and oxygen atoms in total. The van der Waals surface area contributed by atoms with Crippen LogP contribution in [0.1, 0.15) is 34.6 Å². The Labute approximate surface area is 96.9 Å². The SMILES string of the molecule is CC(=N)N.CC(=N)N.CC(=N)N.CC(C)=O. The highest BCUT2D eigenvalue weighted by Crippen LogP contribution is 1.50. The molecule has 0 heterocycles. The Bertz CT molecular complexity index is 160. The van der Waals surface area contributed by atoms with E-state index < -0.39 is 0 Å². The zero-order valence-corrected chi connectivity index (χ0v) is 10.6. The van der Waals surface area contributed by atoms with Gasteiger partial charge >= 0.3 is 0 Å². The minimum absolute atomic E-state index is 0.167. The molecular formula is C9H24N6O. The Morgan fingerprint density at radius 2 is 0.688 bits per heavy atom. The highest BCUT2D eigenvalue weighted by Gasteiger charge is 1.62. The highest BCUT2D eigenvalue weighted by atomic mass is 16.1. The van der Waals surface area contributed by atoms with Crippen molar-refractivity contribution in [3.63, 3.8) is 0 Å². The Morgan fingerprint density at radius 1 is 0.688 bits per heavy atom. The van der Waals surface area contributed by atoms with Gasteiger partial charge in [-0.15, -0.1) is 0 Å². The van der Waals surface area contributed by atoms with Crippen LogP contribution in [0.4, 0.5) is 0 Å². The average molecular weight is 232 g/mol. The van der Waals surface area contributed by atoms with Crippen LogP contribution in [0, 0.1) is 16.2 Å². The summed E-state index contributed by atoms with van der Waals surface area (Å²) < 4.78 is 0. The van der Waals surface area contributed by atoms with Gasteiger partial charge in [0.25, 0.3) is 0 Å². The molecule has 16 heavy (non-hydrogen) atoms. The van der Waals surface area contributed by atoms with Gasteiger partial charge in [0.1, 0.15) is 5.78 Å². The summed E-state index contributed by atoms with van der Waals surface area (Å²) in [5.74, 6) is 0.667. The summed E-state index contributed by atoms with van der Waals surface area (Å²) in [6.45, 7) is 7.64. The second kappa shape index (κ2) is 18.8. The lowest BCUT2D eigenvalue weighted by atomic mass is 10.6. The fourth-order valence-corrected chi connectivity index (χ4v) is 0. The van der Waals surface area contributed by atoms with Gasteiger partial charge in [0, 0.05) is 0 Å². The molecule has 9 N–H and O–H groups in total. The molecule has 0 aromatic heterocycles. The van der Waals surface area contributed by atoms with Gasteiger partial charge in [-0.2, -0.15) is 0 Å². The highest BCUT2D eigenvalue weighted by molar-refractivity contribution is 5.74.